The maximum absolute atomic E-state index is 14.6. The maximum atomic E-state index is 14.6. The number of aliphatic hydroxyl groups excluding tert-OH is 1. The van der Waals surface area contributed by atoms with Crippen molar-refractivity contribution in [3.05, 3.63) is 11.1 Å². The van der Waals surface area contributed by atoms with Crippen molar-refractivity contribution in [1.82, 2.24) is 0 Å². The number of rotatable bonds is 7. The summed E-state index contributed by atoms with van der Waals surface area (Å²) in [7, 11) is 0. The van der Waals surface area contributed by atoms with Crippen LogP contribution >= 0.6 is 0 Å². The molecule has 0 spiro atoms. The van der Waals surface area contributed by atoms with Gasteiger partial charge in [0, 0.05) is 54.6 Å². The molecule has 2 saturated carbocycles. The van der Waals surface area contributed by atoms with Crippen molar-refractivity contribution in [3.63, 3.8) is 0 Å². The molecule has 41 heavy (non-hydrogen) atoms. The summed E-state index contributed by atoms with van der Waals surface area (Å²) in [5.74, 6) is -5.24. The van der Waals surface area contributed by atoms with Crippen molar-refractivity contribution in [2.24, 2.45) is 45.3 Å². The third-order valence-corrected chi connectivity index (χ3v) is 11.8. The summed E-state index contributed by atoms with van der Waals surface area (Å²) < 4.78 is 5.80. The molecule has 0 aromatic carbocycles. The van der Waals surface area contributed by atoms with Crippen molar-refractivity contribution >= 4 is 35.1 Å². The molecule has 2 N–H and O–H groups in total. The largest absolute Gasteiger partial charge is 0.481 e. The molecule has 0 radical (unpaired) electrons. The lowest BCUT2D eigenvalue weighted by atomic mass is 9.42. The highest BCUT2D eigenvalue weighted by atomic mass is 16.5. The Labute approximate surface area is 241 Å². The summed E-state index contributed by atoms with van der Waals surface area (Å²) in [4.78, 5) is 79.5. The average molecular weight is 573 g/mol. The van der Waals surface area contributed by atoms with Crippen LogP contribution in [0.3, 0.4) is 0 Å². The molecular weight excluding hydrogens is 528 g/mol. The number of allylic oxidation sites excluding steroid dienone is 1. The molecule has 0 aromatic heterocycles. The highest BCUT2D eigenvalue weighted by Gasteiger charge is 2.74. The number of ketones is 4. The van der Waals surface area contributed by atoms with E-state index in [0.29, 0.717) is 12.8 Å². The highest BCUT2D eigenvalue weighted by molar-refractivity contribution is 6.18. The molecule has 9 nitrogen and oxygen atoms in total. The van der Waals surface area contributed by atoms with Gasteiger partial charge in [-0.1, -0.05) is 41.5 Å². The average Bonchev–Trinajstić information content (AvgIpc) is 3.07. The van der Waals surface area contributed by atoms with E-state index in [-0.39, 0.29) is 60.1 Å². The Hall–Kier alpha value is -2.68. The minimum absolute atomic E-state index is 0.00458. The number of carboxylic acids is 1. The Balaban J connectivity index is 1.88. The van der Waals surface area contributed by atoms with Crippen LogP contribution in [0.25, 0.3) is 0 Å². The summed E-state index contributed by atoms with van der Waals surface area (Å²) in [5, 5.41) is 20.1. The van der Waals surface area contributed by atoms with Crippen LogP contribution in [0, 0.1) is 45.3 Å². The quantitative estimate of drug-likeness (QED) is 0.433. The van der Waals surface area contributed by atoms with E-state index in [4.69, 9.17) is 4.74 Å². The second kappa shape index (κ2) is 9.96. The molecule has 226 valence electrons. The topological polar surface area (TPSA) is 152 Å². The number of carboxylic acid groups (broad SMARTS) is 1. The zero-order chi connectivity index (χ0) is 31.0. The van der Waals surface area contributed by atoms with Crippen molar-refractivity contribution < 1.29 is 43.7 Å². The molecule has 9 atom stereocenters. The van der Waals surface area contributed by atoms with Crippen LogP contribution in [-0.2, 0) is 33.5 Å². The van der Waals surface area contributed by atoms with E-state index >= 15 is 0 Å². The van der Waals surface area contributed by atoms with Gasteiger partial charge in [-0.15, -0.1) is 0 Å². The first kappa shape index (κ1) is 31.3. The second-order valence-electron chi connectivity index (χ2n) is 14.4. The lowest BCUT2D eigenvalue weighted by molar-refractivity contribution is -0.176. The van der Waals surface area contributed by atoms with E-state index in [0.717, 1.165) is 0 Å². The summed E-state index contributed by atoms with van der Waals surface area (Å²) in [6, 6.07) is 0. The number of carbonyl (C=O) groups is 6. The van der Waals surface area contributed by atoms with Gasteiger partial charge in [0.1, 0.15) is 11.6 Å². The van der Waals surface area contributed by atoms with E-state index in [9.17, 15) is 39.0 Å². The Kier molecular flexibility index (Phi) is 7.59. The van der Waals surface area contributed by atoms with Crippen molar-refractivity contribution in [1.29, 1.82) is 0 Å². The molecule has 0 amide bonds. The zero-order valence-electron chi connectivity index (χ0n) is 25.5. The SMILES string of the molecule is CC(=O)O[C@@H]1C(=O)C2=C(C(=O)C[C@@H]3C(C)(C)[C@@H](O)CC[C@]23C)[C@@]2(C)C(=O)C[C@H]([C@H](C)CC(=O)C[C@@H](C)C(=O)O)[C@@]12C. The Morgan fingerprint density at radius 1 is 0.976 bits per heavy atom. The van der Waals surface area contributed by atoms with Crippen LogP contribution in [0.5, 0.6) is 0 Å². The monoisotopic (exact) mass is 572 g/mol. The molecule has 0 aliphatic heterocycles. The molecule has 4 rings (SSSR count). The normalized spacial score (nSPS) is 39.4. The molecule has 0 saturated heterocycles. The molecule has 0 unspecified atom stereocenters. The van der Waals surface area contributed by atoms with Crippen LogP contribution < -0.4 is 0 Å². The van der Waals surface area contributed by atoms with Crippen LogP contribution in [0.15, 0.2) is 11.1 Å². The number of hydrogen-bond donors (Lipinski definition) is 2. The standard InChI is InChI=1S/C32H44O9/c1-15(11-18(34)12-16(2)28(39)40)19-13-23(37)32(8)24-20(35)14-21-29(4,5)22(36)9-10-30(21,6)25(24)26(38)27(31(19,32)7)41-17(3)33/h15-16,19,21-22,27,36H,9-14H2,1-8H3,(H,39,40)/t15-,16-,19-,21-,22+,27-,30+,31+,32-/m1/s1. The number of hydrogen-bond acceptors (Lipinski definition) is 8. The van der Waals surface area contributed by atoms with Gasteiger partial charge in [-0.05, 0) is 42.9 Å². The van der Waals surface area contributed by atoms with E-state index in [1.165, 1.54) is 13.8 Å². The first-order valence-corrected chi connectivity index (χ1v) is 14.7. The first-order valence-electron chi connectivity index (χ1n) is 14.7. The fraction of sp³-hybridized carbons (Fsp3) is 0.750. The molecule has 4 aliphatic carbocycles. The maximum Gasteiger partial charge on any atom is 0.306 e. The van der Waals surface area contributed by atoms with Gasteiger partial charge in [0.25, 0.3) is 0 Å². The zero-order valence-corrected chi connectivity index (χ0v) is 25.5. The smallest absolute Gasteiger partial charge is 0.306 e. The minimum atomic E-state index is -1.43. The predicted octanol–water partition coefficient (Wildman–Crippen LogP) is 3.88. The van der Waals surface area contributed by atoms with Gasteiger partial charge in [-0.3, -0.25) is 28.8 Å². The molecule has 4 aliphatic rings. The third-order valence-electron chi connectivity index (χ3n) is 11.8. The Morgan fingerprint density at radius 2 is 1.59 bits per heavy atom. The lowest BCUT2D eigenvalue weighted by Gasteiger charge is -2.61. The van der Waals surface area contributed by atoms with Gasteiger partial charge >= 0.3 is 11.9 Å². The molecule has 0 aromatic rings. The fourth-order valence-corrected chi connectivity index (χ4v) is 9.17. The molecule has 9 heteroatoms. The second-order valence-corrected chi connectivity index (χ2v) is 14.4. The number of Topliss-reactive ketones (excluding diaryl/α,β-unsaturated/α-hetero) is 4. The lowest BCUT2D eigenvalue weighted by Crippen LogP contribution is -2.65. The number of fused-ring (bicyclic) bond motifs is 4. The molecular formula is C32H44O9. The molecule has 0 heterocycles. The van der Waals surface area contributed by atoms with Crippen molar-refractivity contribution in [2.75, 3.05) is 0 Å². The summed E-state index contributed by atoms with van der Waals surface area (Å²) in [5.41, 5.74) is -3.73. The van der Waals surface area contributed by atoms with Crippen molar-refractivity contribution in [2.45, 2.75) is 106 Å². The van der Waals surface area contributed by atoms with Crippen LogP contribution in [0.4, 0.5) is 0 Å². The van der Waals surface area contributed by atoms with Gasteiger partial charge in [-0.2, -0.15) is 0 Å². The van der Waals surface area contributed by atoms with Gasteiger partial charge < -0.3 is 14.9 Å². The number of ether oxygens (including phenoxy) is 1. The predicted molar refractivity (Wildman–Crippen MR) is 147 cm³/mol. The Bertz CT molecular complexity index is 1260. The van der Waals surface area contributed by atoms with Crippen molar-refractivity contribution in [3.8, 4) is 0 Å². The number of aliphatic hydroxyl groups is 1. The first-order chi connectivity index (χ1) is 18.8. The van der Waals surface area contributed by atoms with E-state index in [1.54, 1.807) is 20.8 Å². The summed E-state index contributed by atoms with van der Waals surface area (Å²) >= 11 is 0. The minimum Gasteiger partial charge on any atom is -0.481 e. The number of aliphatic carboxylic acids is 1. The molecule has 0 bridgehead atoms. The van der Waals surface area contributed by atoms with Gasteiger partial charge in [0.2, 0.25) is 5.78 Å². The van der Waals surface area contributed by atoms with Gasteiger partial charge in [0.05, 0.1) is 17.4 Å². The van der Waals surface area contributed by atoms with Crippen LogP contribution in [0.2, 0.25) is 0 Å². The Morgan fingerprint density at radius 3 is 2.15 bits per heavy atom. The van der Waals surface area contributed by atoms with E-state index in [1.807, 2.05) is 20.8 Å². The summed E-state index contributed by atoms with van der Waals surface area (Å²) in [6.07, 6.45) is -1.19. The molecule has 2 fully saturated rings. The third kappa shape index (κ3) is 4.28. The van der Waals surface area contributed by atoms with Crippen LogP contribution in [0.1, 0.15) is 93.9 Å². The number of carbonyl (C=O) groups excluding carboxylic acids is 5. The number of esters is 1. The van der Waals surface area contributed by atoms with E-state index < -0.39 is 69.3 Å². The van der Waals surface area contributed by atoms with Gasteiger partial charge in [-0.25, -0.2) is 0 Å². The van der Waals surface area contributed by atoms with Gasteiger partial charge in [0.15, 0.2) is 11.9 Å². The fourth-order valence-electron chi connectivity index (χ4n) is 9.17. The van der Waals surface area contributed by atoms with Crippen LogP contribution in [-0.4, -0.2) is 57.5 Å². The van der Waals surface area contributed by atoms with E-state index in [2.05, 4.69) is 0 Å². The highest BCUT2D eigenvalue weighted by Crippen LogP contribution is 2.70. The summed E-state index contributed by atoms with van der Waals surface area (Å²) in [6.45, 7) is 13.6.